The fourth-order valence-electron chi connectivity index (χ4n) is 2.56. The van der Waals surface area contributed by atoms with Crippen molar-refractivity contribution in [2.45, 2.75) is 21.6 Å². The Morgan fingerprint density at radius 2 is 1.64 bits per heavy atom. The minimum Gasteiger partial charge on any atom is -0.465 e. The Bertz CT molecular complexity index is 1100. The van der Waals surface area contributed by atoms with Gasteiger partial charge in [-0.05, 0) is 48.9 Å². The van der Waals surface area contributed by atoms with Gasteiger partial charge in [0.1, 0.15) is 0 Å². The summed E-state index contributed by atoms with van der Waals surface area (Å²) in [5, 5.41) is 0. The molecule has 1 N–H and O–H groups in total. The van der Waals surface area contributed by atoms with Crippen molar-refractivity contribution in [1.29, 1.82) is 0 Å². The molecule has 0 atom stereocenters. The first-order chi connectivity index (χ1) is 13.4. The van der Waals surface area contributed by atoms with Crippen molar-refractivity contribution in [3.05, 3.63) is 83.9 Å². The van der Waals surface area contributed by atoms with E-state index >= 15 is 0 Å². The fraction of sp³-hybridized carbons (Fsp3) is 0.0952. The third-order valence-corrected chi connectivity index (χ3v) is 6.47. The van der Waals surface area contributed by atoms with Crippen LogP contribution in [0.2, 0.25) is 0 Å². The van der Waals surface area contributed by atoms with Gasteiger partial charge in [0, 0.05) is 9.79 Å². The van der Waals surface area contributed by atoms with E-state index in [0.29, 0.717) is 11.3 Å². The maximum atomic E-state index is 12.9. The van der Waals surface area contributed by atoms with Gasteiger partial charge in [-0.25, -0.2) is 13.2 Å². The molecule has 0 spiro atoms. The SMILES string of the molecule is COC(=O)c1cc(S(=O)(=O)Nc2ccccc2Sc2ccccc2)ccc1C. The van der Waals surface area contributed by atoms with E-state index in [1.54, 1.807) is 25.1 Å². The quantitative estimate of drug-likeness (QED) is 0.591. The number of carbonyl (C=O) groups excluding carboxylic acids is 1. The summed E-state index contributed by atoms with van der Waals surface area (Å²) in [6.45, 7) is 1.72. The van der Waals surface area contributed by atoms with E-state index in [1.807, 2.05) is 42.5 Å². The Morgan fingerprint density at radius 1 is 0.964 bits per heavy atom. The number of para-hydroxylation sites is 1. The highest BCUT2D eigenvalue weighted by atomic mass is 32.2. The number of hydrogen-bond donors (Lipinski definition) is 1. The van der Waals surface area contributed by atoms with Crippen molar-refractivity contribution in [1.82, 2.24) is 0 Å². The first-order valence-electron chi connectivity index (χ1n) is 8.44. The monoisotopic (exact) mass is 413 g/mol. The number of ether oxygens (including phenoxy) is 1. The van der Waals surface area contributed by atoms with Crippen LogP contribution in [0.15, 0.2) is 87.5 Å². The lowest BCUT2D eigenvalue weighted by molar-refractivity contribution is 0.0599. The molecule has 0 unspecified atom stereocenters. The second kappa shape index (κ2) is 8.50. The molecule has 0 bridgehead atoms. The van der Waals surface area contributed by atoms with Gasteiger partial charge in [-0.3, -0.25) is 4.72 Å². The van der Waals surface area contributed by atoms with Gasteiger partial charge in [0.05, 0.1) is 23.3 Å². The van der Waals surface area contributed by atoms with Gasteiger partial charge in [-0.15, -0.1) is 0 Å². The van der Waals surface area contributed by atoms with Crippen molar-refractivity contribution in [2.24, 2.45) is 0 Å². The van der Waals surface area contributed by atoms with Crippen molar-refractivity contribution in [3.8, 4) is 0 Å². The minimum absolute atomic E-state index is 0.00184. The highest BCUT2D eigenvalue weighted by Gasteiger charge is 2.20. The summed E-state index contributed by atoms with van der Waals surface area (Å²) < 4.78 is 33.2. The van der Waals surface area contributed by atoms with Crippen LogP contribution in [0.25, 0.3) is 0 Å². The molecular formula is C21H19NO4S2. The number of benzene rings is 3. The summed E-state index contributed by atoms with van der Waals surface area (Å²) in [6.07, 6.45) is 0. The van der Waals surface area contributed by atoms with Crippen LogP contribution < -0.4 is 4.72 Å². The topological polar surface area (TPSA) is 72.5 Å². The Hall–Kier alpha value is -2.77. The summed E-state index contributed by atoms with van der Waals surface area (Å²) in [7, 11) is -2.62. The summed E-state index contributed by atoms with van der Waals surface area (Å²) >= 11 is 1.46. The fourth-order valence-corrected chi connectivity index (χ4v) is 4.65. The maximum absolute atomic E-state index is 12.9. The molecule has 144 valence electrons. The maximum Gasteiger partial charge on any atom is 0.338 e. The van der Waals surface area contributed by atoms with Crippen molar-refractivity contribution >= 4 is 33.4 Å². The highest BCUT2D eigenvalue weighted by Crippen LogP contribution is 2.34. The molecule has 7 heteroatoms. The molecule has 0 aliphatic heterocycles. The molecule has 3 aromatic carbocycles. The third-order valence-electron chi connectivity index (χ3n) is 4.03. The molecule has 0 aromatic heterocycles. The van der Waals surface area contributed by atoms with Gasteiger partial charge in [0.15, 0.2) is 0 Å². The number of nitrogens with one attached hydrogen (secondary N) is 1. The van der Waals surface area contributed by atoms with E-state index in [9.17, 15) is 13.2 Å². The van der Waals surface area contributed by atoms with Crippen LogP contribution in [0.4, 0.5) is 5.69 Å². The van der Waals surface area contributed by atoms with Gasteiger partial charge >= 0.3 is 5.97 Å². The average Bonchev–Trinajstić information content (AvgIpc) is 2.69. The Labute approximate surface area is 168 Å². The molecule has 0 aliphatic carbocycles. The Morgan fingerprint density at radius 3 is 2.36 bits per heavy atom. The van der Waals surface area contributed by atoms with E-state index in [4.69, 9.17) is 4.74 Å². The zero-order valence-corrected chi connectivity index (χ0v) is 17.0. The lowest BCUT2D eigenvalue weighted by atomic mass is 10.1. The first kappa shape index (κ1) is 20.0. The third kappa shape index (κ3) is 4.55. The number of esters is 1. The van der Waals surface area contributed by atoms with E-state index < -0.39 is 16.0 Å². The predicted molar refractivity (Wildman–Crippen MR) is 110 cm³/mol. The summed E-state index contributed by atoms with van der Waals surface area (Å²) in [6, 6.07) is 21.3. The summed E-state index contributed by atoms with van der Waals surface area (Å²) in [4.78, 5) is 13.7. The van der Waals surface area contributed by atoms with E-state index in [1.165, 1.54) is 31.0 Å². The number of hydrogen-bond acceptors (Lipinski definition) is 5. The summed E-state index contributed by atoms with van der Waals surface area (Å²) in [5.41, 5.74) is 1.33. The molecule has 0 amide bonds. The molecular weight excluding hydrogens is 394 g/mol. The van der Waals surface area contributed by atoms with Crippen LogP contribution in [0.1, 0.15) is 15.9 Å². The molecule has 0 saturated heterocycles. The highest BCUT2D eigenvalue weighted by molar-refractivity contribution is 7.99. The molecule has 0 saturated carbocycles. The van der Waals surface area contributed by atoms with Gasteiger partial charge in [-0.1, -0.05) is 48.2 Å². The molecule has 3 aromatic rings. The number of rotatable bonds is 6. The zero-order chi connectivity index (χ0) is 20.1. The normalized spacial score (nSPS) is 11.1. The molecule has 28 heavy (non-hydrogen) atoms. The number of aryl methyl sites for hydroxylation is 1. The number of methoxy groups -OCH3 is 1. The van der Waals surface area contributed by atoms with Crippen molar-refractivity contribution < 1.29 is 17.9 Å². The molecule has 0 radical (unpaired) electrons. The van der Waals surface area contributed by atoms with Gasteiger partial charge in [0.25, 0.3) is 10.0 Å². The standard InChI is InChI=1S/C21H19NO4S2/c1-15-12-13-17(14-18(15)21(23)26-2)28(24,25)22-19-10-6-7-11-20(19)27-16-8-4-3-5-9-16/h3-14,22H,1-2H3. The van der Waals surface area contributed by atoms with Crippen LogP contribution in [0.5, 0.6) is 0 Å². The second-order valence-electron chi connectivity index (χ2n) is 5.99. The smallest absolute Gasteiger partial charge is 0.338 e. The lowest BCUT2D eigenvalue weighted by Gasteiger charge is -2.13. The summed E-state index contributed by atoms with van der Waals surface area (Å²) in [5.74, 6) is -0.574. The van der Waals surface area contributed by atoms with E-state index in [-0.39, 0.29) is 10.5 Å². The zero-order valence-electron chi connectivity index (χ0n) is 15.4. The van der Waals surface area contributed by atoms with Crippen molar-refractivity contribution in [3.63, 3.8) is 0 Å². The largest absolute Gasteiger partial charge is 0.465 e. The number of sulfonamides is 1. The number of carbonyl (C=O) groups is 1. The predicted octanol–water partition coefficient (Wildman–Crippen LogP) is 4.73. The number of anilines is 1. The van der Waals surface area contributed by atoms with Gasteiger partial charge < -0.3 is 4.74 Å². The average molecular weight is 414 g/mol. The molecule has 3 rings (SSSR count). The lowest BCUT2D eigenvalue weighted by Crippen LogP contribution is -2.15. The Balaban J connectivity index is 1.92. The Kier molecular flexibility index (Phi) is 6.06. The van der Waals surface area contributed by atoms with E-state index in [2.05, 4.69) is 4.72 Å². The molecule has 0 heterocycles. The first-order valence-corrected chi connectivity index (χ1v) is 10.7. The van der Waals surface area contributed by atoms with Gasteiger partial charge in [-0.2, -0.15) is 0 Å². The van der Waals surface area contributed by atoms with Crippen LogP contribution in [0.3, 0.4) is 0 Å². The van der Waals surface area contributed by atoms with Crippen molar-refractivity contribution in [2.75, 3.05) is 11.8 Å². The van der Waals surface area contributed by atoms with Crippen LogP contribution in [-0.4, -0.2) is 21.5 Å². The van der Waals surface area contributed by atoms with Crippen LogP contribution in [-0.2, 0) is 14.8 Å². The molecule has 5 nitrogen and oxygen atoms in total. The minimum atomic E-state index is -3.88. The van der Waals surface area contributed by atoms with Crippen LogP contribution in [0, 0.1) is 6.92 Å². The van der Waals surface area contributed by atoms with E-state index in [0.717, 1.165) is 9.79 Å². The second-order valence-corrected chi connectivity index (χ2v) is 8.78. The van der Waals surface area contributed by atoms with Crippen LogP contribution >= 0.6 is 11.8 Å². The molecule has 0 aliphatic rings. The van der Waals surface area contributed by atoms with Gasteiger partial charge in [0.2, 0.25) is 0 Å². The molecule has 0 fully saturated rings.